The number of hydrogen-bond donors (Lipinski definition) is 2. The fourth-order valence-corrected chi connectivity index (χ4v) is 5.09. The molecule has 0 spiro atoms. The molecule has 0 aliphatic carbocycles. The van der Waals surface area contributed by atoms with Crippen molar-refractivity contribution in [2.24, 2.45) is 0 Å². The summed E-state index contributed by atoms with van der Waals surface area (Å²) >= 11 is 0. The largest absolute Gasteiger partial charge is 0.490 e. The van der Waals surface area contributed by atoms with E-state index in [4.69, 9.17) is 9.47 Å². The molecule has 2 aliphatic rings. The van der Waals surface area contributed by atoms with Gasteiger partial charge in [0.25, 0.3) is 5.91 Å². The molecular weight excluding hydrogens is 489 g/mol. The molecule has 11 heteroatoms. The number of hydrogen-bond acceptors (Lipinski definition) is 6. The number of fused-ring (bicyclic) bond motifs is 2. The maximum atomic E-state index is 13.8. The molecule has 2 aromatic rings. The van der Waals surface area contributed by atoms with E-state index in [1.54, 1.807) is 42.3 Å². The lowest BCUT2D eigenvalue weighted by Gasteiger charge is -2.42. The molecule has 0 unspecified atom stereocenters. The third kappa shape index (κ3) is 5.96. The van der Waals surface area contributed by atoms with Crippen molar-refractivity contribution in [3.8, 4) is 5.75 Å². The van der Waals surface area contributed by atoms with Gasteiger partial charge >= 0.3 is 0 Å². The lowest BCUT2D eigenvalue weighted by molar-refractivity contribution is -0.134. The zero-order chi connectivity index (χ0) is 25.9. The molecule has 9 nitrogen and oxygen atoms in total. The number of halogens is 1. The summed E-state index contributed by atoms with van der Waals surface area (Å²) < 4.78 is 52.2. The third-order valence-electron chi connectivity index (χ3n) is 6.51. The molecule has 2 aromatic carbocycles. The minimum atomic E-state index is -3.49. The number of anilines is 1. The fraction of sp³-hybridized carbons (Fsp3) is 0.440. The van der Waals surface area contributed by atoms with E-state index in [1.165, 1.54) is 19.1 Å². The van der Waals surface area contributed by atoms with E-state index in [-0.39, 0.29) is 60.7 Å². The first kappa shape index (κ1) is 25.9. The zero-order valence-corrected chi connectivity index (χ0v) is 21.0. The van der Waals surface area contributed by atoms with Crippen molar-refractivity contribution in [2.75, 3.05) is 24.1 Å². The van der Waals surface area contributed by atoms with Crippen molar-refractivity contribution in [2.45, 2.75) is 51.0 Å². The van der Waals surface area contributed by atoms with Crippen LogP contribution in [-0.4, -0.2) is 62.8 Å². The van der Waals surface area contributed by atoms with Crippen molar-refractivity contribution < 1.29 is 31.9 Å². The van der Waals surface area contributed by atoms with Crippen LogP contribution in [-0.2, 0) is 26.1 Å². The van der Waals surface area contributed by atoms with Crippen LogP contribution in [0.3, 0.4) is 0 Å². The maximum absolute atomic E-state index is 13.8. The number of carbonyl (C=O) groups is 2. The molecule has 3 atom stereocenters. The molecule has 2 aliphatic heterocycles. The van der Waals surface area contributed by atoms with Crippen LogP contribution < -0.4 is 14.8 Å². The first-order chi connectivity index (χ1) is 17.2. The topological polar surface area (TPSA) is 114 Å². The summed E-state index contributed by atoms with van der Waals surface area (Å²) in [6.07, 6.45) is 0.494. The van der Waals surface area contributed by atoms with Crippen LogP contribution >= 0.6 is 0 Å². The first-order valence-corrected chi connectivity index (χ1v) is 13.5. The lowest BCUT2D eigenvalue weighted by atomic mass is 9.94. The summed E-state index contributed by atoms with van der Waals surface area (Å²) in [5, 5.41) is 2.73. The maximum Gasteiger partial charge on any atom is 0.257 e. The molecule has 0 bridgehead atoms. The van der Waals surface area contributed by atoms with Gasteiger partial charge < -0.3 is 19.7 Å². The highest BCUT2D eigenvalue weighted by atomic mass is 32.2. The normalized spacial score (nSPS) is 21.9. The summed E-state index contributed by atoms with van der Waals surface area (Å²) in [5.74, 6) is -0.674. The average Bonchev–Trinajstić information content (AvgIpc) is 2.86. The van der Waals surface area contributed by atoms with E-state index >= 15 is 0 Å². The minimum Gasteiger partial charge on any atom is -0.490 e. The summed E-state index contributed by atoms with van der Waals surface area (Å²) in [4.78, 5) is 27.3. The molecule has 2 N–H and O–H groups in total. The number of ether oxygens (including phenoxy) is 2. The van der Waals surface area contributed by atoms with Crippen molar-refractivity contribution in [3.63, 3.8) is 0 Å². The number of amides is 2. The second-order valence-corrected chi connectivity index (χ2v) is 11.0. The monoisotopic (exact) mass is 519 g/mol. The van der Waals surface area contributed by atoms with Crippen molar-refractivity contribution in [3.05, 3.63) is 59.4 Å². The second-order valence-electron chi connectivity index (χ2n) is 8.96. The van der Waals surface area contributed by atoms with Crippen LogP contribution in [0.15, 0.2) is 42.5 Å². The van der Waals surface area contributed by atoms with Gasteiger partial charge in [0.2, 0.25) is 15.9 Å². The Morgan fingerprint density at radius 1 is 1.19 bits per heavy atom. The Hall–Kier alpha value is -3.18. The van der Waals surface area contributed by atoms with E-state index in [0.29, 0.717) is 29.8 Å². The molecule has 0 radical (unpaired) electrons. The number of rotatable bonds is 7. The number of benzene rings is 2. The number of nitrogens with zero attached hydrogens (tertiary/aromatic N) is 1. The number of sulfonamides is 1. The van der Waals surface area contributed by atoms with Gasteiger partial charge in [-0.15, -0.1) is 0 Å². The van der Waals surface area contributed by atoms with Crippen molar-refractivity contribution in [1.82, 2.24) is 10.2 Å². The van der Waals surface area contributed by atoms with Crippen LogP contribution in [0.1, 0.15) is 42.1 Å². The zero-order valence-electron chi connectivity index (χ0n) is 20.2. The molecule has 2 heterocycles. The lowest BCUT2D eigenvalue weighted by Crippen LogP contribution is -2.53. The van der Waals surface area contributed by atoms with E-state index in [2.05, 4.69) is 10.0 Å². The van der Waals surface area contributed by atoms with Gasteiger partial charge in [0.05, 0.1) is 29.9 Å². The quantitative estimate of drug-likeness (QED) is 0.582. The van der Waals surface area contributed by atoms with Crippen LogP contribution in [0.25, 0.3) is 0 Å². The smallest absolute Gasteiger partial charge is 0.257 e. The van der Waals surface area contributed by atoms with Gasteiger partial charge in [-0.3, -0.25) is 14.3 Å². The SMILES string of the molecule is CCS(=O)(=O)Nc1ccc2c(c1)C(=O)N(C)[C@H]1CC[C@H](CC(=O)NCc3ccccc3F)O[C@@H]1CO2. The summed E-state index contributed by atoms with van der Waals surface area (Å²) in [6, 6.07) is 10.6. The number of carbonyl (C=O) groups excluding carboxylic acids is 2. The molecule has 0 saturated carbocycles. The Morgan fingerprint density at radius 2 is 1.97 bits per heavy atom. The van der Waals surface area contributed by atoms with Gasteiger partial charge in [-0.25, -0.2) is 12.8 Å². The second kappa shape index (κ2) is 10.8. The fourth-order valence-electron chi connectivity index (χ4n) is 4.46. The highest BCUT2D eigenvalue weighted by molar-refractivity contribution is 7.92. The van der Waals surface area contributed by atoms with Crippen LogP contribution in [0, 0.1) is 5.82 Å². The molecule has 194 valence electrons. The molecule has 0 aromatic heterocycles. The average molecular weight is 520 g/mol. The summed E-state index contributed by atoms with van der Waals surface area (Å²) in [6.45, 7) is 1.79. The Balaban J connectivity index is 1.40. The van der Waals surface area contributed by atoms with Gasteiger partial charge in [0.15, 0.2) is 0 Å². The molecule has 4 rings (SSSR count). The molecule has 1 fully saturated rings. The highest BCUT2D eigenvalue weighted by Crippen LogP contribution is 2.32. The van der Waals surface area contributed by atoms with Crippen molar-refractivity contribution in [1.29, 1.82) is 0 Å². The number of likely N-dealkylation sites (N-methyl/N-ethyl adjacent to an activating group) is 1. The highest BCUT2D eigenvalue weighted by Gasteiger charge is 2.39. The first-order valence-electron chi connectivity index (χ1n) is 11.9. The van der Waals surface area contributed by atoms with Crippen LogP contribution in [0.4, 0.5) is 10.1 Å². The van der Waals surface area contributed by atoms with Crippen molar-refractivity contribution >= 4 is 27.5 Å². The molecule has 1 saturated heterocycles. The van der Waals surface area contributed by atoms with Gasteiger partial charge in [-0.05, 0) is 44.0 Å². The minimum absolute atomic E-state index is 0.0855. The van der Waals surface area contributed by atoms with E-state index in [1.807, 2.05) is 0 Å². The Labute approximate surface area is 210 Å². The standard InChI is InChI=1S/C25H30FN3O6S/c1-3-36(32,33)28-17-8-11-22-19(12-17)25(31)29(2)21-10-9-18(35-23(21)15-34-22)13-24(30)27-14-16-6-4-5-7-20(16)26/h4-8,11-12,18,21,23,28H,3,9-10,13-15H2,1-2H3,(H,27,30)/t18-,21+,23-/m1/s1. The Kier molecular flexibility index (Phi) is 7.79. The van der Waals surface area contributed by atoms with Gasteiger partial charge in [-0.2, -0.15) is 0 Å². The Morgan fingerprint density at radius 3 is 2.72 bits per heavy atom. The molecule has 2 amide bonds. The summed E-state index contributed by atoms with van der Waals surface area (Å²) in [5.41, 5.74) is 0.967. The van der Waals surface area contributed by atoms with Crippen LogP contribution in [0.2, 0.25) is 0 Å². The summed E-state index contributed by atoms with van der Waals surface area (Å²) in [7, 11) is -1.81. The predicted molar refractivity (Wildman–Crippen MR) is 132 cm³/mol. The van der Waals surface area contributed by atoms with Gasteiger partial charge in [0.1, 0.15) is 24.3 Å². The van der Waals surface area contributed by atoms with E-state index in [9.17, 15) is 22.4 Å². The molecular formula is C25H30FN3O6S. The van der Waals surface area contributed by atoms with E-state index in [0.717, 1.165) is 0 Å². The number of nitrogens with one attached hydrogen (secondary N) is 2. The predicted octanol–water partition coefficient (Wildman–Crippen LogP) is 2.67. The molecule has 36 heavy (non-hydrogen) atoms. The van der Waals surface area contributed by atoms with Gasteiger partial charge in [-0.1, -0.05) is 18.2 Å². The Bertz CT molecular complexity index is 1240. The van der Waals surface area contributed by atoms with Crippen LogP contribution in [0.5, 0.6) is 5.75 Å². The third-order valence-corrected chi connectivity index (χ3v) is 7.82. The van der Waals surface area contributed by atoms with E-state index < -0.39 is 16.1 Å². The van der Waals surface area contributed by atoms with Gasteiger partial charge in [0, 0.05) is 24.8 Å².